The molecule has 0 atom stereocenters. The molecule has 0 N–H and O–H groups in total. The fourth-order valence-corrected chi connectivity index (χ4v) is 3.43. The van der Waals surface area contributed by atoms with E-state index < -0.39 is 18.5 Å². The Bertz CT molecular complexity index is 1180. The molecule has 1 fully saturated rings. The van der Waals surface area contributed by atoms with E-state index in [-0.39, 0.29) is 5.89 Å². The summed E-state index contributed by atoms with van der Waals surface area (Å²) in [6.07, 6.45) is -0.212. The molecule has 0 radical (unpaired) electrons. The SMILES string of the molecule is FC1CN(Cc2ccc(-c3cn(Cc4ccc(-c5nnc(C(F)F)o5)cn4)nn3)cc2)C1. The molecule has 0 amide bonds. The van der Waals surface area contributed by atoms with Gasteiger partial charge in [-0.2, -0.15) is 8.78 Å². The lowest BCUT2D eigenvalue weighted by atomic mass is 10.1. The van der Waals surface area contributed by atoms with Gasteiger partial charge in [-0.15, -0.1) is 15.3 Å². The minimum absolute atomic E-state index is 0.00976. The highest BCUT2D eigenvalue weighted by Crippen LogP contribution is 2.23. The third-order valence-electron chi connectivity index (χ3n) is 5.13. The van der Waals surface area contributed by atoms with Crippen LogP contribution in [-0.4, -0.2) is 54.3 Å². The van der Waals surface area contributed by atoms with Crippen molar-refractivity contribution in [2.75, 3.05) is 13.1 Å². The highest BCUT2D eigenvalue weighted by molar-refractivity contribution is 5.58. The predicted octanol–water partition coefficient (Wildman–Crippen LogP) is 3.53. The van der Waals surface area contributed by atoms with Gasteiger partial charge in [0.05, 0.1) is 24.0 Å². The molecule has 3 aromatic heterocycles. The lowest BCUT2D eigenvalue weighted by Gasteiger charge is -2.34. The van der Waals surface area contributed by atoms with Crippen molar-refractivity contribution in [3.8, 4) is 22.7 Å². The number of aromatic nitrogens is 6. The van der Waals surface area contributed by atoms with E-state index in [2.05, 4.69) is 30.4 Å². The maximum absolute atomic E-state index is 12.9. The number of hydrogen-bond donors (Lipinski definition) is 0. The van der Waals surface area contributed by atoms with Crippen molar-refractivity contribution in [3.63, 3.8) is 0 Å². The molecular formula is C21H18F3N7O. The average Bonchev–Trinajstić information content (AvgIpc) is 3.44. The first-order valence-corrected chi connectivity index (χ1v) is 9.96. The highest BCUT2D eigenvalue weighted by Gasteiger charge is 2.25. The van der Waals surface area contributed by atoms with Gasteiger partial charge in [0.25, 0.3) is 5.89 Å². The lowest BCUT2D eigenvalue weighted by Crippen LogP contribution is -2.47. The Morgan fingerprint density at radius 1 is 0.969 bits per heavy atom. The normalized spacial score (nSPS) is 14.8. The van der Waals surface area contributed by atoms with Gasteiger partial charge < -0.3 is 4.42 Å². The number of halogens is 3. The van der Waals surface area contributed by atoms with Crippen LogP contribution in [-0.2, 0) is 13.1 Å². The van der Waals surface area contributed by atoms with Crippen LogP contribution in [0.4, 0.5) is 13.2 Å². The second-order valence-corrected chi connectivity index (χ2v) is 7.57. The standard InChI is InChI=1S/C21H18F3N7O/c22-16-9-30(10-16)8-13-1-3-14(4-2-13)18-12-31(29-26-18)11-17-6-5-15(7-25-17)20-27-28-21(32-20)19(23)24/h1-7,12,16,19H,8-11H2. The Balaban J connectivity index is 1.22. The van der Waals surface area contributed by atoms with Crippen molar-refractivity contribution in [3.05, 3.63) is 65.9 Å². The Hall–Kier alpha value is -3.60. The Morgan fingerprint density at radius 2 is 1.75 bits per heavy atom. The Kier molecular flexibility index (Phi) is 5.39. The zero-order chi connectivity index (χ0) is 22.1. The van der Waals surface area contributed by atoms with Crippen LogP contribution in [0.3, 0.4) is 0 Å². The first-order chi connectivity index (χ1) is 15.5. The van der Waals surface area contributed by atoms with Crippen molar-refractivity contribution in [2.45, 2.75) is 25.7 Å². The smallest absolute Gasteiger partial charge is 0.314 e. The van der Waals surface area contributed by atoms with Gasteiger partial charge in [0, 0.05) is 31.4 Å². The monoisotopic (exact) mass is 441 g/mol. The van der Waals surface area contributed by atoms with E-state index in [1.807, 2.05) is 30.5 Å². The molecule has 164 valence electrons. The summed E-state index contributed by atoms with van der Waals surface area (Å²) in [5.41, 5.74) is 3.94. The summed E-state index contributed by atoms with van der Waals surface area (Å²) in [7, 11) is 0. The van der Waals surface area contributed by atoms with Crippen LogP contribution in [0.1, 0.15) is 23.6 Å². The predicted molar refractivity (Wildman–Crippen MR) is 107 cm³/mol. The topological polar surface area (TPSA) is 85.8 Å². The van der Waals surface area contributed by atoms with Crippen LogP contribution >= 0.6 is 0 Å². The van der Waals surface area contributed by atoms with Gasteiger partial charge in [0.2, 0.25) is 5.89 Å². The van der Waals surface area contributed by atoms with Crippen molar-refractivity contribution >= 4 is 0 Å². The number of nitrogens with zero attached hydrogens (tertiary/aromatic N) is 7. The molecule has 5 rings (SSSR count). The molecule has 0 spiro atoms. The van der Waals surface area contributed by atoms with E-state index in [9.17, 15) is 13.2 Å². The van der Waals surface area contributed by atoms with Crippen LogP contribution in [0.25, 0.3) is 22.7 Å². The zero-order valence-corrected chi connectivity index (χ0v) is 16.8. The number of benzene rings is 1. The molecular weight excluding hydrogens is 423 g/mol. The minimum Gasteiger partial charge on any atom is -0.415 e. The Morgan fingerprint density at radius 3 is 2.41 bits per heavy atom. The Labute approximate surface area is 180 Å². The van der Waals surface area contributed by atoms with E-state index >= 15 is 0 Å². The maximum Gasteiger partial charge on any atom is 0.314 e. The third kappa shape index (κ3) is 4.37. The summed E-state index contributed by atoms with van der Waals surface area (Å²) in [5.74, 6) is -0.731. The average molecular weight is 441 g/mol. The van der Waals surface area contributed by atoms with E-state index in [0.717, 1.165) is 23.4 Å². The first kappa shape index (κ1) is 20.3. The molecule has 8 nitrogen and oxygen atoms in total. The quantitative estimate of drug-likeness (QED) is 0.434. The van der Waals surface area contributed by atoms with Gasteiger partial charge in [-0.25, -0.2) is 9.07 Å². The lowest BCUT2D eigenvalue weighted by molar-refractivity contribution is 0.0591. The molecule has 4 heterocycles. The van der Waals surface area contributed by atoms with Crippen molar-refractivity contribution in [2.24, 2.45) is 0 Å². The molecule has 32 heavy (non-hydrogen) atoms. The van der Waals surface area contributed by atoms with Gasteiger partial charge in [-0.1, -0.05) is 29.5 Å². The molecule has 0 bridgehead atoms. The van der Waals surface area contributed by atoms with Gasteiger partial charge in [0.15, 0.2) is 0 Å². The van der Waals surface area contributed by atoms with Crippen LogP contribution in [0, 0.1) is 0 Å². The highest BCUT2D eigenvalue weighted by atomic mass is 19.3. The summed E-state index contributed by atoms with van der Waals surface area (Å²) < 4.78 is 44.7. The summed E-state index contributed by atoms with van der Waals surface area (Å²) in [6, 6.07) is 11.4. The molecule has 11 heteroatoms. The van der Waals surface area contributed by atoms with Crippen molar-refractivity contribution < 1.29 is 17.6 Å². The fraction of sp³-hybridized carbons (Fsp3) is 0.286. The summed E-state index contributed by atoms with van der Waals surface area (Å²) in [5, 5.41) is 15.3. The van der Waals surface area contributed by atoms with E-state index in [1.165, 1.54) is 6.20 Å². The first-order valence-electron chi connectivity index (χ1n) is 9.96. The van der Waals surface area contributed by atoms with Gasteiger partial charge >= 0.3 is 6.43 Å². The molecule has 0 unspecified atom stereocenters. The van der Waals surface area contributed by atoms with E-state index in [0.29, 0.717) is 30.9 Å². The van der Waals surface area contributed by atoms with E-state index in [1.54, 1.807) is 16.8 Å². The number of likely N-dealkylation sites (tertiary alicyclic amines) is 1. The second-order valence-electron chi connectivity index (χ2n) is 7.57. The molecule has 4 aromatic rings. The van der Waals surface area contributed by atoms with Gasteiger partial charge in [-0.05, 0) is 17.7 Å². The maximum atomic E-state index is 12.9. The molecule has 1 aromatic carbocycles. The summed E-state index contributed by atoms with van der Waals surface area (Å²) in [4.78, 5) is 6.37. The van der Waals surface area contributed by atoms with Crippen LogP contribution in [0.2, 0.25) is 0 Å². The van der Waals surface area contributed by atoms with Gasteiger partial charge in [-0.3, -0.25) is 9.88 Å². The van der Waals surface area contributed by atoms with Crippen molar-refractivity contribution in [1.82, 2.24) is 35.1 Å². The summed E-state index contributed by atoms with van der Waals surface area (Å²) in [6.45, 7) is 2.12. The third-order valence-corrected chi connectivity index (χ3v) is 5.13. The number of hydrogen-bond acceptors (Lipinski definition) is 7. The minimum atomic E-state index is -2.81. The summed E-state index contributed by atoms with van der Waals surface area (Å²) >= 11 is 0. The van der Waals surface area contributed by atoms with Crippen LogP contribution in [0.15, 0.2) is 53.2 Å². The second kappa shape index (κ2) is 8.50. The number of rotatable bonds is 7. The van der Waals surface area contributed by atoms with Crippen molar-refractivity contribution in [1.29, 1.82) is 0 Å². The molecule has 1 aliphatic rings. The molecule has 0 aliphatic carbocycles. The number of alkyl halides is 3. The van der Waals surface area contributed by atoms with Crippen LogP contribution in [0.5, 0.6) is 0 Å². The molecule has 1 aliphatic heterocycles. The van der Waals surface area contributed by atoms with Crippen LogP contribution < -0.4 is 0 Å². The largest absolute Gasteiger partial charge is 0.415 e. The molecule has 0 saturated carbocycles. The van der Waals surface area contributed by atoms with E-state index in [4.69, 9.17) is 4.42 Å². The molecule has 1 saturated heterocycles. The zero-order valence-electron chi connectivity index (χ0n) is 16.8. The number of pyridine rings is 1. The fourth-order valence-electron chi connectivity index (χ4n) is 3.43. The van der Waals surface area contributed by atoms with Gasteiger partial charge in [0.1, 0.15) is 11.9 Å².